The fourth-order valence-corrected chi connectivity index (χ4v) is 1.57. The minimum absolute atomic E-state index is 0.130. The molecule has 1 aliphatic heterocycles. The van der Waals surface area contributed by atoms with E-state index in [4.69, 9.17) is 4.74 Å². The van der Waals surface area contributed by atoms with Crippen molar-refractivity contribution >= 4 is 5.91 Å². The smallest absolute Gasteiger partial charge is 0.222 e. The highest BCUT2D eigenvalue weighted by molar-refractivity contribution is 5.76. The van der Waals surface area contributed by atoms with Crippen LogP contribution >= 0.6 is 0 Å². The Labute approximate surface area is 84.8 Å². The Morgan fingerprint density at radius 1 is 1.71 bits per heavy atom. The van der Waals surface area contributed by atoms with E-state index >= 15 is 0 Å². The van der Waals surface area contributed by atoms with Crippen molar-refractivity contribution in [2.45, 2.75) is 38.4 Å². The Bertz CT molecular complexity index is 196. The number of ether oxygens (including phenoxy) is 1. The second-order valence-corrected chi connectivity index (χ2v) is 3.87. The molecule has 0 bridgehead atoms. The number of carbonyl (C=O) groups is 1. The molecule has 4 heteroatoms. The molecule has 0 aromatic carbocycles. The number of β-amino-alcohol motifs (C(OH)–C–C–N with tert-alkyl or cyclic N) is 1. The summed E-state index contributed by atoms with van der Waals surface area (Å²) < 4.78 is 5.06. The van der Waals surface area contributed by atoms with E-state index in [2.05, 4.69) is 0 Å². The molecule has 0 spiro atoms. The first-order chi connectivity index (χ1) is 6.63. The molecule has 1 amide bonds. The summed E-state index contributed by atoms with van der Waals surface area (Å²) in [6.07, 6.45) is 1.79. The minimum atomic E-state index is -0.321. The van der Waals surface area contributed by atoms with Crippen LogP contribution in [0.15, 0.2) is 0 Å². The zero-order valence-corrected chi connectivity index (χ0v) is 8.90. The van der Waals surface area contributed by atoms with Gasteiger partial charge in [-0.1, -0.05) is 0 Å². The average molecular weight is 201 g/mol. The third-order valence-corrected chi connectivity index (χ3v) is 2.68. The summed E-state index contributed by atoms with van der Waals surface area (Å²) in [6, 6.07) is 0. The van der Waals surface area contributed by atoms with Gasteiger partial charge in [-0.2, -0.15) is 0 Å². The summed E-state index contributed by atoms with van der Waals surface area (Å²) in [5.74, 6) is 0.130. The van der Waals surface area contributed by atoms with E-state index in [0.29, 0.717) is 25.9 Å². The lowest BCUT2D eigenvalue weighted by atomic mass is 10.2. The number of aliphatic hydroxyl groups is 1. The van der Waals surface area contributed by atoms with E-state index in [1.807, 2.05) is 6.92 Å². The largest absolute Gasteiger partial charge is 0.391 e. The van der Waals surface area contributed by atoms with Gasteiger partial charge in [-0.15, -0.1) is 0 Å². The highest BCUT2D eigenvalue weighted by atomic mass is 16.5. The molecule has 0 aromatic heterocycles. The van der Waals surface area contributed by atoms with Crippen molar-refractivity contribution in [2.24, 2.45) is 0 Å². The number of hydrogen-bond acceptors (Lipinski definition) is 3. The average Bonchev–Trinajstić information content (AvgIpc) is 2.60. The van der Waals surface area contributed by atoms with Gasteiger partial charge in [0.1, 0.15) is 0 Å². The van der Waals surface area contributed by atoms with Gasteiger partial charge in [0.25, 0.3) is 0 Å². The van der Waals surface area contributed by atoms with Crippen LogP contribution in [0.4, 0.5) is 0 Å². The van der Waals surface area contributed by atoms with Crippen LogP contribution in [-0.2, 0) is 9.53 Å². The Balaban J connectivity index is 2.22. The number of carbonyl (C=O) groups excluding carboxylic acids is 1. The number of nitrogens with zero attached hydrogens (tertiary/aromatic N) is 1. The van der Waals surface area contributed by atoms with Gasteiger partial charge in [-0.3, -0.25) is 4.79 Å². The molecule has 0 saturated carbocycles. The van der Waals surface area contributed by atoms with Crippen molar-refractivity contribution in [1.29, 1.82) is 0 Å². The lowest BCUT2D eigenvalue weighted by molar-refractivity contribution is -0.131. The molecule has 1 fully saturated rings. The maximum Gasteiger partial charge on any atom is 0.222 e. The second-order valence-electron chi connectivity index (χ2n) is 3.87. The molecule has 0 aliphatic carbocycles. The fraction of sp³-hybridized carbons (Fsp3) is 0.900. The maximum atomic E-state index is 11.6. The van der Waals surface area contributed by atoms with Gasteiger partial charge in [0.2, 0.25) is 5.91 Å². The number of likely N-dealkylation sites (tertiary alicyclic amines) is 1. The Morgan fingerprint density at radius 3 is 2.93 bits per heavy atom. The number of methoxy groups -OCH3 is 1. The van der Waals surface area contributed by atoms with E-state index in [1.54, 1.807) is 12.0 Å². The summed E-state index contributed by atoms with van der Waals surface area (Å²) in [4.78, 5) is 13.3. The third-order valence-electron chi connectivity index (χ3n) is 2.68. The SMILES string of the molecule is COC(C)CCC(=O)N1CCC(O)C1. The van der Waals surface area contributed by atoms with Crippen LogP contribution in [0, 0.1) is 0 Å². The molecular formula is C10H19NO3. The summed E-state index contributed by atoms with van der Waals surface area (Å²) in [7, 11) is 1.65. The first-order valence-electron chi connectivity index (χ1n) is 5.12. The number of hydrogen-bond donors (Lipinski definition) is 1. The highest BCUT2D eigenvalue weighted by Gasteiger charge is 2.24. The van der Waals surface area contributed by atoms with Crippen molar-refractivity contribution in [1.82, 2.24) is 4.90 Å². The van der Waals surface area contributed by atoms with Crippen LogP contribution in [0.1, 0.15) is 26.2 Å². The number of rotatable bonds is 4. The van der Waals surface area contributed by atoms with Crippen LogP contribution in [0.5, 0.6) is 0 Å². The maximum absolute atomic E-state index is 11.6. The monoisotopic (exact) mass is 201 g/mol. The van der Waals surface area contributed by atoms with Crippen molar-refractivity contribution in [3.63, 3.8) is 0 Å². The minimum Gasteiger partial charge on any atom is -0.391 e. The molecule has 82 valence electrons. The van der Waals surface area contributed by atoms with E-state index < -0.39 is 0 Å². The lowest BCUT2D eigenvalue weighted by Gasteiger charge is -2.16. The molecule has 1 aliphatic rings. The Kier molecular flexibility index (Phi) is 4.35. The van der Waals surface area contributed by atoms with Gasteiger partial charge in [0.15, 0.2) is 0 Å². The first-order valence-corrected chi connectivity index (χ1v) is 5.12. The fourth-order valence-electron chi connectivity index (χ4n) is 1.57. The van der Waals surface area contributed by atoms with Crippen molar-refractivity contribution < 1.29 is 14.6 Å². The van der Waals surface area contributed by atoms with Gasteiger partial charge in [-0.25, -0.2) is 0 Å². The molecule has 4 nitrogen and oxygen atoms in total. The highest BCUT2D eigenvalue weighted by Crippen LogP contribution is 2.11. The summed E-state index contributed by atoms with van der Waals surface area (Å²) in [5.41, 5.74) is 0. The normalized spacial score (nSPS) is 23.9. The van der Waals surface area contributed by atoms with E-state index in [-0.39, 0.29) is 18.1 Å². The van der Waals surface area contributed by atoms with Gasteiger partial charge >= 0.3 is 0 Å². The van der Waals surface area contributed by atoms with Crippen LogP contribution in [0.2, 0.25) is 0 Å². The molecule has 14 heavy (non-hydrogen) atoms. The van der Waals surface area contributed by atoms with Crippen LogP contribution in [0.3, 0.4) is 0 Å². The Hall–Kier alpha value is -0.610. The number of amides is 1. The number of aliphatic hydroxyl groups excluding tert-OH is 1. The molecule has 1 heterocycles. The molecule has 1 rings (SSSR count). The van der Waals surface area contributed by atoms with Crippen LogP contribution < -0.4 is 0 Å². The second kappa shape index (κ2) is 5.32. The standard InChI is InChI=1S/C10H19NO3/c1-8(14-2)3-4-10(13)11-6-5-9(12)7-11/h8-9,12H,3-7H2,1-2H3. The van der Waals surface area contributed by atoms with Gasteiger partial charge < -0.3 is 14.7 Å². The van der Waals surface area contributed by atoms with E-state index in [0.717, 1.165) is 6.42 Å². The van der Waals surface area contributed by atoms with Gasteiger partial charge in [-0.05, 0) is 19.8 Å². The van der Waals surface area contributed by atoms with Crippen molar-refractivity contribution in [3.05, 3.63) is 0 Å². The Morgan fingerprint density at radius 2 is 2.43 bits per heavy atom. The molecular weight excluding hydrogens is 182 g/mol. The molecule has 1 saturated heterocycles. The molecule has 2 unspecified atom stereocenters. The van der Waals surface area contributed by atoms with Crippen molar-refractivity contribution in [3.8, 4) is 0 Å². The molecule has 1 N–H and O–H groups in total. The van der Waals surface area contributed by atoms with Gasteiger partial charge in [0, 0.05) is 26.6 Å². The van der Waals surface area contributed by atoms with Gasteiger partial charge in [0.05, 0.1) is 12.2 Å². The third kappa shape index (κ3) is 3.27. The zero-order chi connectivity index (χ0) is 10.6. The summed E-state index contributed by atoms with van der Waals surface area (Å²) in [5, 5.41) is 9.25. The zero-order valence-electron chi connectivity index (χ0n) is 8.90. The predicted octanol–water partition coefficient (Wildman–Crippen LogP) is 0.395. The van der Waals surface area contributed by atoms with E-state index in [1.165, 1.54) is 0 Å². The predicted molar refractivity (Wildman–Crippen MR) is 52.9 cm³/mol. The van der Waals surface area contributed by atoms with Crippen molar-refractivity contribution in [2.75, 3.05) is 20.2 Å². The topological polar surface area (TPSA) is 49.8 Å². The quantitative estimate of drug-likeness (QED) is 0.716. The van der Waals surface area contributed by atoms with Crippen LogP contribution in [0.25, 0.3) is 0 Å². The molecule has 2 atom stereocenters. The molecule has 0 radical (unpaired) electrons. The lowest BCUT2D eigenvalue weighted by Crippen LogP contribution is -2.30. The first kappa shape index (κ1) is 11.5. The molecule has 0 aromatic rings. The summed E-state index contributed by atoms with van der Waals surface area (Å²) in [6.45, 7) is 3.15. The van der Waals surface area contributed by atoms with E-state index in [9.17, 15) is 9.90 Å². The summed E-state index contributed by atoms with van der Waals surface area (Å²) >= 11 is 0. The van der Waals surface area contributed by atoms with Crippen LogP contribution in [-0.4, -0.2) is 48.3 Å².